The minimum Gasteiger partial charge on any atom is -0.368 e. The number of nitrogens with zero attached hydrogens (tertiary/aromatic N) is 1. The summed E-state index contributed by atoms with van der Waals surface area (Å²) in [6.45, 7) is -0.274. The SMILES string of the molecule is NC(=O)CN1C(=O)[C@@H]2[C@H](C1=O)[C@H]1C=C[C@H]2C1. The van der Waals surface area contributed by atoms with Crippen molar-refractivity contribution < 1.29 is 14.4 Å². The molecule has 3 rings (SSSR count). The van der Waals surface area contributed by atoms with Gasteiger partial charge in [-0.25, -0.2) is 0 Å². The Labute approximate surface area is 92.3 Å². The molecule has 0 aromatic carbocycles. The van der Waals surface area contributed by atoms with Crippen LogP contribution in [0.15, 0.2) is 12.2 Å². The Hall–Kier alpha value is -1.65. The standard InChI is InChI=1S/C11H12N2O3/c12-7(14)4-13-10(15)8-5-1-2-6(3-5)9(8)11(13)16/h1-2,5-6,8-9H,3-4H2,(H2,12,14)/t5-,6-,8-,9+/m0/s1. The molecule has 2 N–H and O–H groups in total. The molecule has 2 fully saturated rings. The molecule has 16 heavy (non-hydrogen) atoms. The summed E-state index contributed by atoms with van der Waals surface area (Å²) in [7, 11) is 0. The highest BCUT2D eigenvalue weighted by Crippen LogP contribution is 2.52. The minimum atomic E-state index is -0.637. The summed E-state index contributed by atoms with van der Waals surface area (Å²) in [5.74, 6) is -1.17. The molecule has 1 aliphatic heterocycles. The van der Waals surface area contributed by atoms with Gasteiger partial charge in [-0.05, 0) is 18.3 Å². The first-order valence-electron chi connectivity index (χ1n) is 5.41. The van der Waals surface area contributed by atoms with Crippen molar-refractivity contribution in [2.24, 2.45) is 29.4 Å². The number of likely N-dealkylation sites (tertiary alicyclic amines) is 1. The van der Waals surface area contributed by atoms with Crippen LogP contribution >= 0.6 is 0 Å². The number of allylic oxidation sites excluding steroid dienone is 2. The van der Waals surface area contributed by atoms with Crippen LogP contribution in [-0.2, 0) is 14.4 Å². The zero-order valence-electron chi connectivity index (χ0n) is 8.63. The van der Waals surface area contributed by atoms with E-state index >= 15 is 0 Å². The van der Waals surface area contributed by atoms with Gasteiger partial charge in [-0.1, -0.05) is 12.2 Å². The van der Waals surface area contributed by atoms with E-state index in [1.807, 2.05) is 12.2 Å². The molecule has 0 spiro atoms. The summed E-state index contributed by atoms with van der Waals surface area (Å²) < 4.78 is 0. The van der Waals surface area contributed by atoms with Crippen molar-refractivity contribution in [3.05, 3.63) is 12.2 Å². The van der Waals surface area contributed by atoms with Crippen molar-refractivity contribution >= 4 is 17.7 Å². The smallest absolute Gasteiger partial charge is 0.237 e. The van der Waals surface area contributed by atoms with Crippen LogP contribution in [0.3, 0.4) is 0 Å². The number of carbonyl (C=O) groups excluding carboxylic acids is 3. The Morgan fingerprint density at radius 1 is 1.25 bits per heavy atom. The van der Waals surface area contributed by atoms with Crippen LogP contribution in [0.5, 0.6) is 0 Å². The summed E-state index contributed by atoms with van der Waals surface area (Å²) in [4.78, 5) is 35.8. The number of amides is 3. The average molecular weight is 220 g/mol. The average Bonchev–Trinajstić information content (AvgIpc) is 2.87. The number of fused-ring (bicyclic) bond motifs is 5. The maximum atomic E-state index is 12.0. The second kappa shape index (κ2) is 2.93. The number of nitrogens with two attached hydrogens (primary N) is 1. The van der Waals surface area contributed by atoms with Gasteiger partial charge in [0.15, 0.2) is 0 Å². The van der Waals surface area contributed by atoms with Gasteiger partial charge in [0.1, 0.15) is 6.54 Å². The molecule has 0 aromatic rings. The van der Waals surface area contributed by atoms with Gasteiger partial charge < -0.3 is 5.73 Å². The van der Waals surface area contributed by atoms with Gasteiger partial charge in [0.05, 0.1) is 11.8 Å². The van der Waals surface area contributed by atoms with Gasteiger partial charge in [-0.15, -0.1) is 0 Å². The monoisotopic (exact) mass is 220 g/mol. The first-order chi connectivity index (χ1) is 7.59. The van der Waals surface area contributed by atoms with Crippen molar-refractivity contribution in [3.63, 3.8) is 0 Å². The lowest BCUT2D eigenvalue weighted by Crippen LogP contribution is -2.39. The van der Waals surface area contributed by atoms with E-state index < -0.39 is 5.91 Å². The van der Waals surface area contributed by atoms with E-state index in [1.165, 1.54) is 0 Å². The van der Waals surface area contributed by atoms with Crippen molar-refractivity contribution in [2.75, 3.05) is 6.54 Å². The minimum absolute atomic E-state index is 0.185. The quantitative estimate of drug-likeness (QED) is 0.492. The lowest BCUT2D eigenvalue weighted by atomic mass is 9.85. The fourth-order valence-corrected chi connectivity index (χ4v) is 3.28. The molecule has 3 aliphatic rings. The summed E-state index contributed by atoms with van der Waals surface area (Å²) in [6, 6.07) is 0. The van der Waals surface area contributed by atoms with E-state index in [1.54, 1.807) is 0 Å². The lowest BCUT2D eigenvalue weighted by Gasteiger charge is -2.14. The van der Waals surface area contributed by atoms with Crippen molar-refractivity contribution in [1.29, 1.82) is 0 Å². The van der Waals surface area contributed by atoms with Crippen molar-refractivity contribution in [1.82, 2.24) is 4.90 Å². The molecular weight excluding hydrogens is 208 g/mol. The Bertz CT molecular complexity index is 399. The molecule has 1 saturated heterocycles. The van der Waals surface area contributed by atoms with Gasteiger partial charge in [0.2, 0.25) is 17.7 Å². The second-order valence-electron chi connectivity index (χ2n) is 4.73. The number of hydrogen-bond acceptors (Lipinski definition) is 3. The third-order valence-corrected chi connectivity index (χ3v) is 3.88. The predicted molar refractivity (Wildman–Crippen MR) is 53.6 cm³/mol. The molecule has 3 amide bonds. The Kier molecular flexibility index (Phi) is 1.75. The summed E-state index contributed by atoms with van der Waals surface area (Å²) in [6.07, 6.45) is 4.94. The van der Waals surface area contributed by atoms with Crippen LogP contribution in [0.4, 0.5) is 0 Å². The lowest BCUT2D eigenvalue weighted by molar-refractivity contribution is -0.143. The van der Waals surface area contributed by atoms with Crippen LogP contribution in [0.2, 0.25) is 0 Å². The van der Waals surface area contributed by atoms with Crippen LogP contribution in [0.25, 0.3) is 0 Å². The van der Waals surface area contributed by atoms with Crippen molar-refractivity contribution in [2.45, 2.75) is 6.42 Å². The first-order valence-corrected chi connectivity index (χ1v) is 5.41. The molecule has 5 nitrogen and oxygen atoms in total. The third kappa shape index (κ3) is 1.03. The van der Waals surface area contributed by atoms with Gasteiger partial charge in [0, 0.05) is 0 Å². The highest BCUT2D eigenvalue weighted by molar-refractivity contribution is 6.08. The molecule has 0 aromatic heterocycles. The van der Waals surface area contributed by atoms with Crippen LogP contribution in [-0.4, -0.2) is 29.2 Å². The van der Waals surface area contributed by atoms with E-state index in [9.17, 15) is 14.4 Å². The van der Waals surface area contributed by atoms with Crippen LogP contribution in [0.1, 0.15) is 6.42 Å². The van der Waals surface area contributed by atoms with E-state index in [4.69, 9.17) is 5.73 Å². The van der Waals surface area contributed by atoms with Gasteiger partial charge >= 0.3 is 0 Å². The highest BCUT2D eigenvalue weighted by Gasteiger charge is 2.59. The molecule has 1 heterocycles. The maximum Gasteiger partial charge on any atom is 0.237 e. The van der Waals surface area contributed by atoms with Gasteiger partial charge in [-0.2, -0.15) is 0 Å². The number of primary amides is 1. The molecule has 0 unspecified atom stereocenters. The first kappa shape index (κ1) is 9.57. The maximum absolute atomic E-state index is 12.0. The summed E-state index contributed by atoms with van der Waals surface area (Å²) in [5.41, 5.74) is 5.03. The van der Waals surface area contributed by atoms with E-state index in [0.717, 1.165) is 11.3 Å². The van der Waals surface area contributed by atoms with E-state index in [2.05, 4.69) is 0 Å². The molecule has 2 bridgehead atoms. The number of rotatable bonds is 2. The zero-order valence-corrected chi connectivity index (χ0v) is 8.63. The Balaban J connectivity index is 1.91. The Morgan fingerprint density at radius 3 is 2.19 bits per heavy atom. The Morgan fingerprint density at radius 2 is 1.75 bits per heavy atom. The largest absolute Gasteiger partial charge is 0.368 e. The summed E-state index contributed by atoms with van der Waals surface area (Å²) in [5, 5.41) is 0. The number of imide groups is 1. The topological polar surface area (TPSA) is 80.5 Å². The van der Waals surface area contributed by atoms with E-state index in [0.29, 0.717) is 0 Å². The van der Waals surface area contributed by atoms with Crippen LogP contribution in [0, 0.1) is 23.7 Å². The van der Waals surface area contributed by atoms with Crippen molar-refractivity contribution in [3.8, 4) is 0 Å². The third-order valence-electron chi connectivity index (χ3n) is 3.88. The fourth-order valence-electron chi connectivity index (χ4n) is 3.28. The molecule has 4 atom stereocenters. The van der Waals surface area contributed by atoms with Gasteiger partial charge in [0.25, 0.3) is 0 Å². The summed E-state index contributed by atoms with van der Waals surface area (Å²) >= 11 is 0. The molecule has 2 aliphatic carbocycles. The predicted octanol–water partition coefficient (Wildman–Crippen LogP) is -0.721. The zero-order chi connectivity index (χ0) is 11.4. The fraction of sp³-hybridized carbons (Fsp3) is 0.545. The van der Waals surface area contributed by atoms with Gasteiger partial charge in [-0.3, -0.25) is 19.3 Å². The normalized spacial score (nSPS) is 39.6. The number of hydrogen-bond donors (Lipinski definition) is 1. The molecule has 84 valence electrons. The molecule has 1 saturated carbocycles. The highest BCUT2D eigenvalue weighted by atomic mass is 16.2. The van der Waals surface area contributed by atoms with E-state index in [-0.39, 0.29) is 42.0 Å². The molecule has 5 heteroatoms. The molecular formula is C11H12N2O3. The van der Waals surface area contributed by atoms with Crippen LogP contribution < -0.4 is 5.73 Å². The second-order valence-corrected chi connectivity index (χ2v) is 4.73. The number of carbonyl (C=O) groups is 3. The molecule has 0 radical (unpaired) electrons.